The Morgan fingerprint density at radius 1 is 1.33 bits per heavy atom. The van der Waals surface area contributed by atoms with Crippen molar-refractivity contribution in [1.82, 2.24) is 4.37 Å². The van der Waals surface area contributed by atoms with Gasteiger partial charge in [-0.2, -0.15) is 4.37 Å². The van der Waals surface area contributed by atoms with Gasteiger partial charge in [0.05, 0.1) is 5.02 Å². The van der Waals surface area contributed by atoms with Gasteiger partial charge in [-0.25, -0.2) is 0 Å². The first-order valence-corrected chi connectivity index (χ1v) is 4.71. The molecular weight excluding hydrogens is 215 g/mol. The summed E-state index contributed by atoms with van der Waals surface area (Å²) in [5.41, 5.74) is 6.38. The lowest BCUT2D eigenvalue weighted by Gasteiger charge is -1.94. The summed E-state index contributed by atoms with van der Waals surface area (Å²) in [6, 6.07) is 3.42. The highest BCUT2D eigenvalue weighted by molar-refractivity contribution is 7.11. The molecule has 0 fully saturated rings. The summed E-state index contributed by atoms with van der Waals surface area (Å²) >= 11 is 12.9. The van der Waals surface area contributed by atoms with Gasteiger partial charge >= 0.3 is 0 Å². The summed E-state index contributed by atoms with van der Waals surface area (Å²) in [5.74, 6) is 0. The fraction of sp³-hybridized carbons (Fsp3) is 0. The molecule has 1 aromatic carbocycles. The minimum absolute atomic E-state index is 0.547. The molecule has 5 heteroatoms. The van der Waals surface area contributed by atoms with Crippen LogP contribution in [-0.2, 0) is 0 Å². The van der Waals surface area contributed by atoms with Gasteiger partial charge in [-0.1, -0.05) is 23.2 Å². The first-order valence-electron chi connectivity index (χ1n) is 3.18. The number of halogens is 2. The van der Waals surface area contributed by atoms with Gasteiger partial charge in [0.25, 0.3) is 0 Å². The van der Waals surface area contributed by atoms with Gasteiger partial charge in [0.1, 0.15) is 10.5 Å². The van der Waals surface area contributed by atoms with E-state index in [2.05, 4.69) is 4.37 Å². The van der Waals surface area contributed by atoms with E-state index in [-0.39, 0.29) is 0 Å². The minimum Gasteiger partial charge on any atom is -0.389 e. The van der Waals surface area contributed by atoms with Crippen LogP contribution in [0.25, 0.3) is 10.9 Å². The molecule has 0 bridgehead atoms. The Hall–Kier alpha value is -0.510. The molecule has 12 heavy (non-hydrogen) atoms. The van der Waals surface area contributed by atoms with E-state index >= 15 is 0 Å². The lowest BCUT2D eigenvalue weighted by Crippen LogP contribution is -1.78. The van der Waals surface area contributed by atoms with Crippen LogP contribution in [0.5, 0.6) is 0 Å². The van der Waals surface area contributed by atoms with Gasteiger partial charge in [0.15, 0.2) is 0 Å². The monoisotopic (exact) mass is 218 g/mol. The van der Waals surface area contributed by atoms with Gasteiger partial charge in [-0.3, -0.25) is 0 Å². The third-order valence-corrected chi connectivity index (χ3v) is 2.73. The molecule has 1 aromatic heterocycles. The lowest BCUT2D eigenvalue weighted by atomic mass is 10.2. The Balaban J connectivity index is 2.92. The number of aromatic nitrogens is 1. The fourth-order valence-corrected chi connectivity index (χ4v) is 2.22. The fourth-order valence-electron chi connectivity index (χ4n) is 0.991. The van der Waals surface area contributed by atoms with E-state index in [0.717, 1.165) is 10.9 Å². The second-order valence-electron chi connectivity index (χ2n) is 2.33. The van der Waals surface area contributed by atoms with Gasteiger partial charge in [0.2, 0.25) is 0 Å². The molecule has 0 aliphatic heterocycles. The largest absolute Gasteiger partial charge is 0.389 e. The number of hydrogen-bond acceptors (Lipinski definition) is 3. The Labute approximate surface area is 83.1 Å². The molecule has 62 valence electrons. The molecule has 2 rings (SSSR count). The second kappa shape index (κ2) is 2.76. The van der Waals surface area contributed by atoms with E-state index in [1.807, 2.05) is 0 Å². The van der Waals surface area contributed by atoms with E-state index in [1.54, 1.807) is 12.1 Å². The molecule has 2 nitrogen and oxygen atoms in total. The number of nitrogen functional groups attached to an aromatic ring is 1. The van der Waals surface area contributed by atoms with Crippen molar-refractivity contribution in [3.05, 3.63) is 22.2 Å². The quantitative estimate of drug-likeness (QED) is 0.738. The Kier molecular flexibility index (Phi) is 1.87. The van der Waals surface area contributed by atoms with Crippen molar-refractivity contribution in [2.24, 2.45) is 0 Å². The summed E-state index contributed by atoms with van der Waals surface area (Å²) in [6.07, 6.45) is 0. The molecule has 0 atom stereocenters. The molecule has 0 spiro atoms. The first-order chi connectivity index (χ1) is 5.68. The van der Waals surface area contributed by atoms with Crippen LogP contribution in [0.2, 0.25) is 10.0 Å². The van der Waals surface area contributed by atoms with Crippen LogP contribution in [0.4, 0.5) is 5.00 Å². The van der Waals surface area contributed by atoms with Crippen molar-refractivity contribution in [3.63, 3.8) is 0 Å². The van der Waals surface area contributed by atoms with Crippen molar-refractivity contribution in [1.29, 1.82) is 0 Å². The maximum Gasteiger partial charge on any atom is 0.114 e. The molecule has 0 unspecified atom stereocenters. The van der Waals surface area contributed by atoms with Gasteiger partial charge < -0.3 is 5.73 Å². The van der Waals surface area contributed by atoms with Crippen LogP contribution in [0, 0.1) is 0 Å². The van der Waals surface area contributed by atoms with Gasteiger partial charge in [0, 0.05) is 10.4 Å². The van der Waals surface area contributed by atoms with Crippen LogP contribution in [-0.4, -0.2) is 4.37 Å². The van der Waals surface area contributed by atoms with Crippen LogP contribution in [0.1, 0.15) is 0 Å². The van der Waals surface area contributed by atoms with E-state index < -0.39 is 0 Å². The molecule has 0 aliphatic carbocycles. The number of benzene rings is 1. The van der Waals surface area contributed by atoms with E-state index in [1.165, 1.54) is 11.5 Å². The number of nitrogens with two attached hydrogens (primary N) is 1. The maximum absolute atomic E-state index is 5.88. The molecule has 0 saturated heterocycles. The number of rotatable bonds is 0. The van der Waals surface area contributed by atoms with Crippen molar-refractivity contribution < 1.29 is 0 Å². The van der Waals surface area contributed by atoms with Crippen molar-refractivity contribution >= 4 is 50.6 Å². The predicted molar refractivity (Wildman–Crippen MR) is 54.1 cm³/mol. The van der Waals surface area contributed by atoms with Crippen molar-refractivity contribution in [2.45, 2.75) is 0 Å². The Morgan fingerprint density at radius 2 is 2.08 bits per heavy atom. The number of nitrogens with zero attached hydrogens (tertiary/aromatic N) is 1. The zero-order valence-corrected chi connectivity index (χ0v) is 8.17. The number of hydrogen-bond donors (Lipinski definition) is 1. The second-order valence-corrected chi connectivity index (χ2v) is 3.98. The maximum atomic E-state index is 5.88. The lowest BCUT2D eigenvalue weighted by molar-refractivity contribution is 1.66. The molecule has 0 aliphatic rings. The highest BCUT2D eigenvalue weighted by atomic mass is 35.5. The molecular formula is C7H4Cl2N2S. The van der Waals surface area contributed by atoms with E-state index in [4.69, 9.17) is 28.9 Å². The highest BCUT2D eigenvalue weighted by Gasteiger charge is 2.07. The molecule has 0 radical (unpaired) electrons. The van der Waals surface area contributed by atoms with Crippen LogP contribution in [0.3, 0.4) is 0 Å². The van der Waals surface area contributed by atoms with Crippen LogP contribution >= 0.6 is 34.7 Å². The molecule has 0 saturated carbocycles. The summed E-state index contributed by atoms with van der Waals surface area (Å²) in [4.78, 5) is 0. The highest BCUT2D eigenvalue weighted by Crippen LogP contribution is 2.32. The topological polar surface area (TPSA) is 38.9 Å². The third kappa shape index (κ3) is 1.14. The van der Waals surface area contributed by atoms with E-state index in [9.17, 15) is 0 Å². The minimum atomic E-state index is 0.547. The molecule has 2 aromatic rings. The number of fused-ring (bicyclic) bond motifs is 1. The standard InChI is InChI=1S/C7H4Cl2N2S/c8-3-1-4-6(5(9)2-3)11-12-7(4)10/h1-2H,10H2. The zero-order chi connectivity index (χ0) is 8.72. The van der Waals surface area contributed by atoms with Crippen LogP contribution < -0.4 is 5.73 Å². The number of anilines is 1. The molecule has 1 heterocycles. The Bertz CT molecular complexity index is 438. The predicted octanol–water partition coefficient (Wildman–Crippen LogP) is 3.19. The normalized spacial score (nSPS) is 10.8. The Morgan fingerprint density at radius 3 is 2.83 bits per heavy atom. The summed E-state index contributed by atoms with van der Waals surface area (Å²) in [6.45, 7) is 0. The average molecular weight is 219 g/mol. The van der Waals surface area contributed by atoms with Crippen molar-refractivity contribution in [2.75, 3.05) is 5.73 Å². The van der Waals surface area contributed by atoms with Gasteiger partial charge in [-0.15, -0.1) is 0 Å². The third-order valence-electron chi connectivity index (χ3n) is 1.53. The summed E-state index contributed by atoms with van der Waals surface area (Å²) in [5, 5.41) is 2.61. The first kappa shape index (κ1) is 8.10. The zero-order valence-electron chi connectivity index (χ0n) is 5.84. The smallest absolute Gasteiger partial charge is 0.114 e. The van der Waals surface area contributed by atoms with E-state index in [0.29, 0.717) is 15.0 Å². The summed E-state index contributed by atoms with van der Waals surface area (Å²) in [7, 11) is 0. The summed E-state index contributed by atoms with van der Waals surface area (Å²) < 4.78 is 4.08. The average Bonchev–Trinajstić information content (AvgIpc) is 2.33. The SMILES string of the molecule is Nc1snc2c(Cl)cc(Cl)cc12. The van der Waals surface area contributed by atoms with Crippen LogP contribution in [0.15, 0.2) is 12.1 Å². The van der Waals surface area contributed by atoms with Gasteiger partial charge in [-0.05, 0) is 23.7 Å². The molecule has 2 N–H and O–H groups in total. The molecule has 0 amide bonds. The van der Waals surface area contributed by atoms with Crippen molar-refractivity contribution in [3.8, 4) is 0 Å².